The quantitative estimate of drug-likeness (QED) is 0.631. The smallest absolute Gasteiger partial charge is 0.319 e. The molecule has 28 heavy (non-hydrogen) atoms. The Morgan fingerprint density at radius 2 is 1.79 bits per heavy atom. The van der Waals surface area contributed by atoms with E-state index in [0.717, 1.165) is 24.4 Å². The van der Waals surface area contributed by atoms with Crippen molar-refractivity contribution in [2.75, 3.05) is 49.6 Å². The van der Waals surface area contributed by atoms with Crippen molar-refractivity contribution in [2.24, 2.45) is 0 Å². The topological polar surface area (TPSA) is 53.6 Å². The van der Waals surface area contributed by atoms with E-state index in [1.165, 1.54) is 30.2 Å². The average Bonchev–Trinajstić information content (AvgIpc) is 2.73. The lowest BCUT2D eigenvalue weighted by Gasteiger charge is -2.26. The van der Waals surface area contributed by atoms with Gasteiger partial charge in [0, 0.05) is 41.8 Å². The molecule has 3 rings (SSSR count). The lowest BCUT2D eigenvalue weighted by atomic mass is 10.1. The van der Waals surface area contributed by atoms with Crippen LogP contribution in [0.1, 0.15) is 5.56 Å². The van der Waals surface area contributed by atoms with Crippen molar-refractivity contribution in [1.82, 2.24) is 10.2 Å². The van der Waals surface area contributed by atoms with Gasteiger partial charge in [0.1, 0.15) is 12.4 Å². The first-order chi connectivity index (χ1) is 13.7. The monoisotopic (exact) mass is 419 g/mol. The van der Waals surface area contributed by atoms with Gasteiger partial charge in [-0.2, -0.15) is 11.8 Å². The SMILES string of the molecule is O=C(NCCOc1ccc(Cl)cc1)Nc1ccc(CCN2CCSCC2)cc1. The summed E-state index contributed by atoms with van der Waals surface area (Å²) >= 11 is 7.86. The van der Waals surface area contributed by atoms with Gasteiger partial charge in [-0.15, -0.1) is 0 Å². The van der Waals surface area contributed by atoms with Crippen LogP contribution in [-0.4, -0.2) is 55.2 Å². The van der Waals surface area contributed by atoms with Gasteiger partial charge in [0.05, 0.1) is 6.54 Å². The summed E-state index contributed by atoms with van der Waals surface area (Å²) < 4.78 is 5.55. The zero-order valence-electron chi connectivity index (χ0n) is 15.8. The van der Waals surface area contributed by atoms with Crippen molar-refractivity contribution in [2.45, 2.75) is 6.42 Å². The van der Waals surface area contributed by atoms with Crippen LogP contribution in [0.15, 0.2) is 48.5 Å². The maximum Gasteiger partial charge on any atom is 0.319 e. The van der Waals surface area contributed by atoms with Crippen molar-refractivity contribution in [1.29, 1.82) is 0 Å². The van der Waals surface area contributed by atoms with Gasteiger partial charge in [-0.05, 0) is 48.4 Å². The molecule has 0 radical (unpaired) electrons. The fourth-order valence-corrected chi connectivity index (χ4v) is 4.01. The molecule has 0 aliphatic carbocycles. The second-order valence-corrected chi connectivity index (χ2v) is 8.25. The molecular weight excluding hydrogens is 394 g/mol. The van der Waals surface area contributed by atoms with Crippen molar-refractivity contribution >= 4 is 35.1 Å². The number of halogens is 1. The van der Waals surface area contributed by atoms with Crippen LogP contribution in [0.4, 0.5) is 10.5 Å². The summed E-state index contributed by atoms with van der Waals surface area (Å²) in [5, 5.41) is 6.30. The standard InChI is InChI=1S/C21H26ClN3O2S/c22-18-3-7-20(8-4-18)27-14-10-23-21(26)24-19-5-1-17(2-6-19)9-11-25-12-15-28-16-13-25/h1-8H,9-16H2,(H2,23,24,26). The number of anilines is 1. The molecule has 0 bridgehead atoms. The fourth-order valence-electron chi connectivity index (χ4n) is 2.91. The number of benzene rings is 2. The molecule has 5 nitrogen and oxygen atoms in total. The van der Waals surface area contributed by atoms with E-state index in [1.807, 2.05) is 23.9 Å². The van der Waals surface area contributed by atoms with Crippen LogP contribution in [0, 0.1) is 0 Å². The molecule has 1 saturated heterocycles. The van der Waals surface area contributed by atoms with Crippen LogP contribution in [0.2, 0.25) is 5.02 Å². The van der Waals surface area contributed by atoms with Gasteiger partial charge in [0.2, 0.25) is 0 Å². The molecule has 1 aliphatic rings. The Labute approximate surface area is 175 Å². The first-order valence-corrected chi connectivity index (χ1v) is 11.0. The first kappa shape index (κ1) is 20.8. The lowest BCUT2D eigenvalue weighted by Crippen LogP contribution is -2.34. The minimum absolute atomic E-state index is 0.238. The molecule has 0 aromatic heterocycles. The van der Waals surface area contributed by atoms with Gasteiger partial charge < -0.3 is 20.3 Å². The number of nitrogens with zero attached hydrogens (tertiary/aromatic N) is 1. The molecule has 1 aliphatic heterocycles. The van der Waals surface area contributed by atoms with Crippen LogP contribution in [-0.2, 0) is 6.42 Å². The third-order valence-electron chi connectivity index (χ3n) is 4.50. The van der Waals surface area contributed by atoms with Crippen LogP contribution in [0.25, 0.3) is 0 Å². The average molecular weight is 420 g/mol. The summed E-state index contributed by atoms with van der Waals surface area (Å²) in [7, 11) is 0. The van der Waals surface area contributed by atoms with Crippen LogP contribution < -0.4 is 15.4 Å². The predicted octanol–water partition coefficient (Wildman–Crippen LogP) is 4.13. The fraction of sp³-hybridized carbons (Fsp3) is 0.381. The predicted molar refractivity (Wildman–Crippen MR) is 118 cm³/mol. The van der Waals surface area contributed by atoms with Crippen LogP contribution in [0.5, 0.6) is 5.75 Å². The number of hydrogen-bond donors (Lipinski definition) is 2. The Morgan fingerprint density at radius 3 is 2.50 bits per heavy atom. The second kappa shape index (κ2) is 11.2. The molecule has 1 heterocycles. The van der Waals surface area contributed by atoms with E-state index in [9.17, 15) is 4.79 Å². The molecular formula is C21H26ClN3O2S. The zero-order chi connectivity index (χ0) is 19.6. The number of rotatable bonds is 8. The van der Waals surface area contributed by atoms with E-state index in [2.05, 4.69) is 27.7 Å². The highest BCUT2D eigenvalue weighted by molar-refractivity contribution is 7.99. The third-order valence-corrected chi connectivity index (χ3v) is 5.70. The highest BCUT2D eigenvalue weighted by Gasteiger charge is 2.10. The van der Waals surface area contributed by atoms with Gasteiger partial charge >= 0.3 is 6.03 Å². The van der Waals surface area contributed by atoms with E-state index in [4.69, 9.17) is 16.3 Å². The molecule has 150 valence electrons. The first-order valence-electron chi connectivity index (χ1n) is 9.51. The molecule has 2 aromatic rings. The summed E-state index contributed by atoms with van der Waals surface area (Å²) in [6.07, 6.45) is 1.04. The zero-order valence-corrected chi connectivity index (χ0v) is 17.4. The second-order valence-electron chi connectivity index (χ2n) is 6.58. The number of thioether (sulfide) groups is 1. The minimum Gasteiger partial charge on any atom is -0.492 e. The van der Waals surface area contributed by atoms with Crippen molar-refractivity contribution in [3.63, 3.8) is 0 Å². The third kappa shape index (κ3) is 7.26. The summed E-state index contributed by atoms with van der Waals surface area (Å²) in [5.74, 6) is 3.20. The molecule has 2 aromatic carbocycles. The summed E-state index contributed by atoms with van der Waals surface area (Å²) in [6, 6.07) is 15.0. The normalized spacial score (nSPS) is 14.5. The van der Waals surface area contributed by atoms with Gasteiger partial charge in [-0.1, -0.05) is 23.7 Å². The molecule has 1 fully saturated rings. The Hall–Kier alpha value is -1.89. The lowest BCUT2D eigenvalue weighted by molar-refractivity contribution is 0.247. The van der Waals surface area contributed by atoms with Crippen molar-refractivity contribution in [3.8, 4) is 5.75 Å². The van der Waals surface area contributed by atoms with Crippen LogP contribution in [0.3, 0.4) is 0 Å². The molecule has 0 unspecified atom stereocenters. The van der Waals surface area contributed by atoms with Crippen molar-refractivity contribution in [3.05, 3.63) is 59.1 Å². The van der Waals surface area contributed by atoms with E-state index >= 15 is 0 Å². The Morgan fingerprint density at radius 1 is 1.07 bits per heavy atom. The van der Waals surface area contributed by atoms with Gasteiger partial charge in [-0.3, -0.25) is 0 Å². The van der Waals surface area contributed by atoms with Crippen molar-refractivity contribution < 1.29 is 9.53 Å². The van der Waals surface area contributed by atoms with Gasteiger partial charge in [-0.25, -0.2) is 4.79 Å². The van der Waals surface area contributed by atoms with Gasteiger partial charge in [0.15, 0.2) is 0 Å². The highest BCUT2D eigenvalue weighted by atomic mass is 35.5. The van der Waals surface area contributed by atoms with E-state index in [0.29, 0.717) is 18.2 Å². The number of hydrogen-bond acceptors (Lipinski definition) is 4. The van der Waals surface area contributed by atoms with Gasteiger partial charge in [0.25, 0.3) is 0 Å². The largest absolute Gasteiger partial charge is 0.492 e. The number of urea groups is 1. The highest BCUT2D eigenvalue weighted by Crippen LogP contribution is 2.15. The summed E-state index contributed by atoms with van der Waals surface area (Å²) in [6.45, 7) is 4.28. The number of ether oxygens (including phenoxy) is 1. The van der Waals surface area contributed by atoms with E-state index in [-0.39, 0.29) is 6.03 Å². The Bertz CT molecular complexity index is 734. The number of carbonyl (C=O) groups excluding carboxylic acids is 1. The maximum atomic E-state index is 12.0. The van der Waals surface area contributed by atoms with E-state index < -0.39 is 0 Å². The number of amides is 2. The maximum absolute atomic E-state index is 12.0. The number of carbonyl (C=O) groups is 1. The summed E-state index contributed by atoms with van der Waals surface area (Å²) in [5.41, 5.74) is 2.08. The van der Waals surface area contributed by atoms with E-state index in [1.54, 1.807) is 24.3 Å². The molecule has 2 amide bonds. The number of nitrogens with one attached hydrogen (secondary N) is 2. The Balaban J connectivity index is 1.32. The Kier molecular flexibility index (Phi) is 8.33. The van der Waals surface area contributed by atoms with Crippen LogP contribution >= 0.6 is 23.4 Å². The molecule has 0 saturated carbocycles. The summed E-state index contributed by atoms with van der Waals surface area (Å²) in [4.78, 5) is 14.5. The minimum atomic E-state index is -0.238. The molecule has 0 atom stereocenters. The molecule has 0 spiro atoms. The molecule has 2 N–H and O–H groups in total. The molecule has 7 heteroatoms.